The Balaban J connectivity index is 1.99. The molecule has 19 heavy (non-hydrogen) atoms. The fourth-order valence-corrected chi connectivity index (χ4v) is 3.06. The standard InChI is InChI=1S/C16H25N3/c1-12-5-3-8-15(9-12)19(2)11-13-6-4-7-14(10-13)16(17)18/h4,6-7,10,12,15H,3,5,8-9,11H2,1-2H3,(H3,17,18). The van der Waals surface area contributed by atoms with E-state index in [1.807, 2.05) is 18.2 Å². The van der Waals surface area contributed by atoms with Crippen LogP contribution in [0.4, 0.5) is 0 Å². The van der Waals surface area contributed by atoms with Crippen LogP contribution >= 0.6 is 0 Å². The van der Waals surface area contributed by atoms with Crippen LogP contribution in [0.5, 0.6) is 0 Å². The van der Waals surface area contributed by atoms with Crippen LogP contribution in [0.1, 0.15) is 43.7 Å². The summed E-state index contributed by atoms with van der Waals surface area (Å²) in [6.07, 6.45) is 5.35. The maximum absolute atomic E-state index is 7.50. The first-order valence-electron chi connectivity index (χ1n) is 7.20. The van der Waals surface area contributed by atoms with E-state index in [2.05, 4.69) is 24.9 Å². The van der Waals surface area contributed by atoms with E-state index in [1.54, 1.807) is 0 Å². The molecule has 2 unspecified atom stereocenters. The lowest BCUT2D eigenvalue weighted by Gasteiger charge is -2.34. The van der Waals surface area contributed by atoms with Crippen LogP contribution < -0.4 is 5.73 Å². The second-order valence-corrected chi connectivity index (χ2v) is 5.95. The van der Waals surface area contributed by atoms with Crippen LogP contribution in [-0.2, 0) is 6.54 Å². The second kappa shape index (κ2) is 6.20. The Labute approximate surface area is 116 Å². The Hall–Kier alpha value is -1.35. The number of nitrogens with zero attached hydrogens (tertiary/aromatic N) is 1. The van der Waals surface area contributed by atoms with Crippen molar-refractivity contribution < 1.29 is 0 Å². The maximum atomic E-state index is 7.50. The van der Waals surface area contributed by atoms with Gasteiger partial charge in [-0.1, -0.05) is 38.0 Å². The molecule has 1 aromatic carbocycles. The average molecular weight is 259 g/mol. The molecular weight excluding hydrogens is 234 g/mol. The molecule has 3 nitrogen and oxygen atoms in total. The van der Waals surface area contributed by atoms with Crippen LogP contribution in [-0.4, -0.2) is 23.8 Å². The summed E-state index contributed by atoms with van der Waals surface area (Å²) in [7, 11) is 2.21. The average Bonchev–Trinajstić information content (AvgIpc) is 2.39. The van der Waals surface area contributed by atoms with Crippen LogP contribution in [0, 0.1) is 11.3 Å². The van der Waals surface area contributed by atoms with E-state index in [4.69, 9.17) is 11.1 Å². The first-order chi connectivity index (χ1) is 9.06. The number of rotatable bonds is 4. The number of amidine groups is 1. The molecule has 1 fully saturated rings. The van der Waals surface area contributed by atoms with Gasteiger partial charge in [0.25, 0.3) is 0 Å². The van der Waals surface area contributed by atoms with E-state index in [0.717, 1.165) is 18.0 Å². The van der Waals surface area contributed by atoms with Gasteiger partial charge >= 0.3 is 0 Å². The lowest BCUT2D eigenvalue weighted by atomic mass is 9.86. The normalized spacial score (nSPS) is 23.5. The molecule has 0 amide bonds. The highest BCUT2D eigenvalue weighted by molar-refractivity contribution is 5.95. The molecule has 0 aliphatic heterocycles. The largest absolute Gasteiger partial charge is 0.384 e. The number of hydrogen-bond donors (Lipinski definition) is 2. The number of benzene rings is 1. The highest BCUT2D eigenvalue weighted by Gasteiger charge is 2.22. The molecule has 104 valence electrons. The molecule has 0 saturated heterocycles. The molecule has 1 saturated carbocycles. The number of nitrogens with two attached hydrogens (primary N) is 1. The number of nitrogens with one attached hydrogen (secondary N) is 1. The van der Waals surface area contributed by atoms with Crippen molar-refractivity contribution in [3.05, 3.63) is 35.4 Å². The van der Waals surface area contributed by atoms with Crippen molar-refractivity contribution in [1.82, 2.24) is 4.90 Å². The van der Waals surface area contributed by atoms with Gasteiger partial charge in [0.1, 0.15) is 5.84 Å². The van der Waals surface area contributed by atoms with E-state index >= 15 is 0 Å². The van der Waals surface area contributed by atoms with Gasteiger partial charge in [-0.2, -0.15) is 0 Å². The third kappa shape index (κ3) is 3.80. The molecule has 3 heteroatoms. The van der Waals surface area contributed by atoms with Gasteiger partial charge in [-0.05, 0) is 37.4 Å². The Kier molecular flexibility index (Phi) is 4.59. The fourth-order valence-electron chi connectivity index (χ4n) is 3.06. The Morgan fingerprint density at radius 1 is 1.42 bits per heavy atom. The van der Waals surface area contributed by atoms with Crippen molar-refractivity contribution in [3.8, 4) is 0 Å². The quantitative estimate of drug-likeness (QED) is 0.645. The molecule has 1 aromatic rings. The first-order valence-corrected chi connectivity index (χ1v) is 7.20. The molecule has 0 heterocycles. The molecule has 2 rings (SSSR count). The summed E-state index contributed by atoms with van der Waals surface area (Å²) in [6.45, 7) is 3.30. The molecule has 2 atom stereocenters. The zero-order valence-electron chi connectivity index (χ0n) is 12.0. The summed E-state index contributed by atoms with van der Waals surface area (Å²) >= 11 is 0. The maximum Gasteiger partial charge on any atom is 0.122 e. The minimum absolute atomic E-state index is 0.149. The van der Waals surface area contributed by atoms with Gasteiger partial charge in [0.05, 0.1) is 0 Å². The molecule has 0 aromatic heterocycles. The molecule has 1 aliphatic rings. The number of nitrogen functional groups attached to an aromatic ring is 1. The third-order valence-corrected chi connectivity index (χ3v) is 4.20. The monoisotopic (exact) mass is 259 g/mol. The SMILES string of the molecule is CC1CCCC(N(C)Cc2cccc(C(=N)N)c2)C1. The highest BCUT2D eigenvalue weighted by Crippen LogP contribution is 2.27. The Bertz CT molecular complexity index is 441. The van der Waals surface area contributed by atoms with Crippen molar-refractivity contribution >= 4 is 5.84 Å². The summed E-state index contributed by atoms with van der Waals surface area (Å²) < 4.78 is 0. The summed E-state index contributed by atoms with van der Waals surface area (Å²) in [6, 6.07) is 8.74. The minimum atomic E-state index is 0.149. The Morgan fingerprint density at radius 3 is 2.89 bits per heavy atom. The van der Waals surface area contributed by atoms with E-state index < -0.39 is 0 Å². The topological polar surface area (TPSA) is 53.1 Å². The van der Waals surface area contributed by atoms with Crippen LogP contribution in [0.2, 0.25) is 0 Å². The van der Waals surface area contributed by atoms with Gasteiger partial charge in [0.2, 0.25) is 0 Å². The van der Waals surface area contributed by atoms with E-state index in [-0.39, 0.29) is 5.84 Å². The number of hydrogen-bond acceptors (Lipinski definition) is 2. The van der Waals surface area contributed by atoms with Gasteiger partial charge in [0.15, 0.2) is 0 Å². The van der Waals surface area contributed by atoms with Crippen molar-refractivity contribution in [2.45, 2.75) is 45.2 Å². The van der Waals surface area contributed by atoms with Crippen molar-refractivity contribution in [2.24, 2.45) is 11.7 Å². The summed E-state index contributed by atoms with van der Waals surface area (Å²) in [4.78, 5) is 2.45. The summed E-state index contributed by atoms with van der Waals surface area (Å²) in [5.74, 6) is 1.00. The van der Waals surface area contributed by atoms with Gasteiger partial charge in [-0.25, -0.2) is 0 Å². The van der Waals surface area contributed by atoms with Gasteiger partial charge < -0.3 is 5.73 Å². The van der Waals surface area contributed by atoms with Crippen LogP contribution in [0.15, 0.2) is 24.3 Å². The Morgan fingerprint density at radius 2 is 2.21 bits per heavy atom. The highest BCUT2D eigenvalue weighted by atomic mass is 15.1. The van der Waals surface area contributed by atoms with Crippen molar-refractivity contribution in [1.29, 1.82) is 5.41 Å². The molecule has 0 bridgehead atoms. The third-order valence-electron chi connectivity index (χ3n) is 4.20. The van der Waals surface area contributed by atoms with Crippen LogP contribution in [0.3, 0.4) is 0 Å². The minimum Gasteiger partial charge on any atom is -0.384 e. The van der Waals surface area contributed by atoms with E-state index in [1.165, 1.54) is 31.2 Å². The molecular formula is C16H25N3. The molecule has 0 radical (unpaired) electrons. The fraction of sp³-hybridized carbons (Fsp3) is 0.562. The van der Waals surface area contributed by atoms with E-state index in [9.17, 15) is 0 Å². The van der Waals surface area contributed by atoms with Crippen molar-refractivity contribution in [2.75, 3.05) is 7.05 Å². The predicted molar refractivity (Wildman–Crippen MR) is 80.3 cm³/mol. The van der Waals surface area contributed by atoms with E-state index in [0.29, 0.717) is 6.04 Å². The second-order valence-electron chi connectivity index (χ2n) is 5.95. The van der Waals surface area contributed by atoms with Crippen LogP contribution in [0.25, 0.3) is 0 Å². The lowest BCUT2D eigenvalue weighted by molar-refractivity contribution is 0.157. The predicted octanol–water partition coefficient (Wildman–Crippen LogP) is 2.98. The lowest BCUT2D eigenvalue weighted by Crippen LogP contribution is -2.35. The molecule has 1 aliphatic carbocycles. The van der Waals surface area contributed by atoms with Crippen molar-refractivity contribution in [3.63, 3.8) is 0 Å². The zero-order valence-corrected chi connectivity index (χ0v) is 12.0. The smallest absolute Gasteiger partial charge is 0.122 e. The summed E-state index contributed by atoms with van der Waals surface area (Å²) in [5.41, 5.74) is 7.61. The summed E-state index contributed by atoms with van der Waals surface area (Å²) in [5, 5.41) is 7.50. The zero-order chi connectivity index (χ0) is 13.8. The molecule has 3 N–H and O–H groups in total. The van der Waals surface area contributed by atoms with Gasteiger partial charge in [-0.3, -0.25) is 10.3 Å². The first kappa shape index (κ1) is 14.1. The van der Waals surface area contributed by atoms with Gasteiger partial charge in [-0.15, -0.1) is 0 Å². The van der Waals surface area contributed by atoms with Gasteiger partial charge in [0, 0.05) is 18.2 Å². The molecule has 0 spiro atoms.